The van der Waals surface area contributed by atoms with Crippen LogP contribution in [0.2, 0.25) is 5.02 Å². The molecule has 0 spiro atoms. The van der Waals surface area contributed by atoms with Gasteiger partial charge in [-0.3, -0.25) is 9.59 Å². The van der Waals surface area contributed by atoms with E-state index in [2.05, 4.69) is 18.9 Å². The maximum absolute atomic E-state index is 13.1. The highest BCUT2D eigenvalue weighted by atomic mass is 35.5. The molecule has 4 rings (SSSR count). The van der Waals surface area contributed by atoms with Crippen molar-refractivity contribution in [2.75, 3.05) is 19.8 Å². The first-order valence-corrected chi connectivity index (χ1v) is 14.0. The van der Waals surface area contributed by atoms with E-state index in [4.69, 9.17) is 25.8 Å². The minimum Gasteiger partial charge on any atom is -0.486 e. The Balaban J connectivity index is 1.77. The number of alkyl halides is 2. The number of carbonyl (C=O) groups excluding carboxylic acids is 1. The highest BCUT2D eigenvalue weighted by Gasteiger charge is 2.19. The molecule has 0 unspecified atom stereocenters. The molecular formula is C30H34ClF2N3O5. The number of rotatable bonds is 14. The molecule has 2 heterocycles. The molecule has 0 aliphatic carbocycles. The normalized spacial score (nSPS) is 12.4. The lowest BCUT2D eigenvalue weighted by Gasteiger charge is -2.15. The molecule has 220 valence electrons. The minimum atomic E-state index is -2.64. The molecule has 0 aliphatic heterocycles. The quantitative estimate of drug-likeness (QED) is 0.128. The predicted molar refractivity (Wildman–Crippen MR) is 154 cm³/mol. The Morgan fingerprint density at radius 1 is 1.12 bits per heavy atom. The molecule has 0 saturated carbocycles. The average Bonchev–Trinajstić information content (AvgIpc) is 3.27. The van der Waals surface area contributed by atoms with Crippen LogP contribution < -0.4 is 10.3 Å². The van der Waals surface area contributed by atoms with Crippen molar-refractivity contribution in [1.82, 2.24) is 14.3 Å². The summed E-state index contributed by atoms with van der Waals surface area (Å²) in [6, 6.07) is 12.3. The maximum atomic E-state index is 13.1. The van der Waals surface area contributed by atoms with E-state index in [0.29, 0.717) is 34.5 Å². The Kier molecular flexibility index (Phi) is 10.3. The Bertz CT molecular complexity index is 1570. The number of fused-ring (bicyclic) bond motifs is 2. The second-order valence-corrected chi connectivity index (χ2v) is 10.3. The fourth-order valence-corrected chi connectivity index (χ4v) is 4.80. The number of nitrogens with zero attached hydrogens (tertiary/aromatic N) is 3. The van der Waals surface area contributed by atoms with Gasteiger partial charge in [-0.1, -0.05) is 50.1 Å². The fraction of sp³-hybridized carbons (Fsp3) is 0.433. The van der Waals surface area contributed by atoms with Gasteiger partial charge < -0.3 is 18.8 Å². The minimum absolute atomic E-state index is 0.150. The summed E-state index contributed by atoms with van der Waals surface area (Å²) < 4.78 is 45.1. The number of hydrogen-bond donors (Lipinski definition) is 0. The van der Waals surface area contributed by atoms with Gasteiger partial charge in [0.25, 0.3) is 12.0 Å². The SMILES string of the molecule is CCOC(=O)Cn1nc(Cc2cc3cc(Cl)c(OCC(F)F)cc3n2COCC[C@@H](C)CC)c2ccccc2c1=O. The molecule has 2 aromatic carbocycles. The molecule has 8 nitrogen and oxygen atoms in total. The van der Waals surface area contributed by atoms with E-state index in [1.54, 1.807) is 31.2 Å². The van der Waals surface area contributed by atoms with Crippen LogP contribution >= 0.6 is 11.6 Å². The third-order valence-electron chi connectivity index (χ3n) is 6.95. The monoisotopic (exact) mass is 589 g/mol. The molecule has 0 amide bonds. The van der Waals surface area contributed by atoms with Crippen molar-refractivity contribution in [2.24, 2.45) is 5.92 Å². The molecule has 0 fully saturated rings. The number of ether oxygens (including phenoxy) is 3. The van der Waals surface area contributed by atoms with Crippen LogP contribution in [0.4, 0.5) is 8.78 Å². The van der Waals surface area contributed by atoms with Crippen LogP contribution in [0, 0.1) is 5.92 Å². The topological polar surface area (TPSA) is 84.6 Å². The zero-order valence-electron chi connectivity index (χ0n) is 23.4. The Morgan fingerprint density at radius 2 is 1.88 bits per heavy atom. The van der Waals surface area contributed by atoms with Crippen LogP contribution in [0.1, 0.15) is 45.0 Å². The number of hydrogen-bond acceptors (Lipinski definition) is 6. The lowest BCUT2D eigenvalue weighted by molar-refractivity contribution is -0.144. The molecule has 0 N–H and O–H groups in total. The number of esters is 1. The molecule has 1 atom stereocenters. The van der Waals surface area contributed by atoms with Crippen molar-refractivity contribution in [3.63, 3.8) is 0 Å². The van der Waals surface area contributed by atoms with Crippen LogP contribution in [-0.4, -0.2) is 46.6 Å². The highest BCUT2D eigenvalue weighted by Crippen LogP contribution is 2.33. The van der Waals surface area contributed by atoms with E-state index in [-0.39, 0.29) is 42.6 Å². The van der Waals surface area contributed by atoms with Gasteiger partial charge >= 0.3 is 5.97 Å². The smallest absolute Gasteiger partial charge is 0.327 e. The van der Waals surface area contributed by atoms with Crippen LogP contribution in [-0.2, 0) is 34.0 Å². The number of carbonyl (C=O) groups is 1. The molecule has 0 saturated heterocycles. The van der Waals surface area contributed by atoms with Gasteiger partial charge in [-0.2, -0.15) is 5.10 Å². The van der Waals surface area contributed by atoms with Crippen molar-refractivity contribution >= 4 is 39.2 Å². The van der Waals surface area contributed by atoms with Crippen LogP contribution in [0.3, 0.4) is 0 Å². The first-order chi connectivity index (χ1) is 19.7. The lowest BCUT2D eigenvalue weighted by Crippen LogP contribution is -2.29. The Morgan fingerprint density at radius 3 is 2.59 bits per heavy atom. The summed E-state index contributed by atoms with van der Waals surface area (Å²) in [5.74, 6) is 0.106. The summed E-state index contributed by atoms with van der Waals surface area (Å²) in [6.45, 7) is 5.83. The summed E-state index contributed by atoms with van der Waals surface area (Å²) in [5, 5.41) is 6.63. The second-order valence-electron chi connectivity index (χ2n) is 9.88. The molecule has 0 aliphatic rings. The summed E-state index contributed by atoms with van der Waals surface area (Å²) >= 11 is 6.37. The van der Waals surface area contributed by atoms with Crippen LogP contribution in [0.15, 0.2) is 47.3 Å². The Hall–Kier alpha value is -3.50. The molecule has 41 heavy (non-hydrogen) atoms. The fourth-order valence-electron chi connectivity index (χ4n) is 4.57. The van der Waals surface area contributed by atoms with Crippen LogP contribution in [0.5, 0.6) is 5.75 Å². The van der Waals surface area contributed by atoms with Crippen LogP contribution in [0.25, 0.3) is 21.7 Å². The molecular weight excluding hydrogens is 556 g/mol. The van der Waals surface area contributed by atoms with E-state index >= 15 is 0 Å². The second kappa shape index (κ2) is 13.9. The highest BCUT2D eigenvalue weighted by molar-refractivity contribution is 6.32. The van der Waals surface area contributed by atoms with Crippen molar-refractivity contribution in [2.45, 2.75) is 59.7 Å². The van der Waals surface area contributed by atoms with Crippen molar-refractivity contribution < 1.29 is 27.8 Å². The third kappa shape index (κ3) is 7.42. The Labute approximate surface area is 241 Å². The number of benzene rings is 2. The maximum Gasteiger partial charge on any atom is 0.327 e. The summed E-state index contributed by atoms with van der Waals surface area (Å²) in [7, 11) is 0. The standard InChI is InChI=1S/C30H34ClF2N3O5/c1-4-19(3)10-11-39-18-35-21(12-20-13-24(31)27(15-26(20)35)41-17-28(32)33)14-25-22-8-6-7-9-23(22)30(38)36(34-25)16-29(37)40-5-2/h6-9,12-13,15,19,28H,4-5,10-11,14,16-18H2,1-3H3/t19-/m0/s1. The average molecular weight is 590 g/mol. The van der Waals surface area contributed by atoms with Gasteiger partial charge in [0, 0.05) is 35.6 Å². The number of aromatic nitrogens is 3. The molecule has 0 bridgehead atoms. The lowest BCUT2D eigenvalue weighted by atomic mass is 10.1. The van der Waals surface area contributed by atoms with Gasteiger partial charge in [-0.25, -0.2) is 13.5 Å². The molecule has 2 aromatic heterocycles. The first kappa shape index (κ1) is 30.5. The van der Waals surface area contributed by atoms with Gasteiger partial charge in [-0.15, -0.1) is 0 Å². The third-order valence-corrected chi connectivity index (χ3v) is 7.25. The zero-order valence-corrected chi connectivity index (χ0v) is 24.1. The molecule has 0 radical (unpaired) electrons. The van der Waals surface area contributed by atoms with Crippen molar-refractivity contribution in [3.8, 4) is 5.75 Å². The van der Waals surface area contributed by atoms with Gasteiger partial charge in [-0.05, 0) is 37.5 Å². The van der Waals surface area contributed by atoms with Gasteiger partial charge in [0.15, 0.2) is 0 Å². The van der Waals surface area contributed by atoms with Crippen molar-refractivity contribution in [3.05, 3.63) is 69.2 Å². The summed E-state index contributed by atoms with van der Waals surface area (Å²) in [5.41, 5.74) is 1.68. The predicted octanol–water partition coefficient (Wildman–Crippen LogP) is 6.21. The zero-order chi connectivity index (χ0) is 29.5. The van der Waals surface area contributed by atoms with E-state index in [9.17, 15) is 18.4 Å². The number of halogens is 3. The van der Waals surface area contributed by atoms with E-state index in [0.717, 1.165) is 28.6 Å². The van der Waals surface area contributed by atoms with Gasteiger partial charge in [0.05, 0.1) is 28.2 Å². The van der Waals surface area contributed by atoms with E-state index in [1.807, 2.05) is 22.8 Å². The van der Waals surface area contributed by atoms with E-state index < -0.39 is 19.0 Å². The summed E-state index contributed by atoms with van der Waals surface area (Å²) in [4.78, 5) is 25.3. The van der Waals surface area contributed by atoms with E-state index in [1.165, 1.54) is 0 Å². The van der Waals surface area contributed by atoms with Crippen molar-refractivity contribution in [1.29, 1.82) is 0 Å². The van der Waals surface area contributed by atoms with Gasteiger partial charge in [0.2, 0.25) is 0 Å². The van der Waals surface area contributed by atoms with Gasteiger partial charge in [0.1, 0.15) is 25.6 Å². The first-order valence-electron chi connectivity index (χ1n) is 13.7. The molecule has 4 aromatic rings. The summed E-state index contributed by atoms with van der Waals surface area (Å²) in [6.07, 6.45) is -0.412. The largest absolute Gasteiger partial charge is 0.486 e. The molecule has 11 heteroatoms.